The van der Waals surface area contributed by atoms with Crippen LogP contribution in [0.15, 0.2) is 84.9 Å². The van der Waals surface area contributed by atoms with Gasteiger partial charge in [0.2, 0.25) is 11.8 Å². The molecule has 196 valence electrons. The molecule has 0 spiro atoms. The van der Waals surface area contributed by atoms with Crippen LogP contribution in [0.25, 0.3) is 44.8 Å². The van der Waals surface area contributed by atoms with Crippen molar-refractivity contribution in [3.05, 3.63) is 96.1 Å². The van der Waals surface area contributed by atoms with Gasteiger partial charge in [-0.3, -0.25) is 18.7 Å². The van der Waals surface area contributed by atoms with Gasteiger partial charge in [0.1, 0.15) is 23.1 Å². The second-order valence-electron chi connectivity index (χ2n) is 9.71. The van der Waals surface area contributed by atoms with E-state index in [1.54, 1.807) is 23.4 Å². The predicted octanol–water partition coefficient (Wildman–Crippen LogP) is 5.82. The molecule has 0 N–H and O–H groups in total. The summed E-state index contributed by atoms with van der Waals surface area (Å²) in [7, 11) is 3.25. The van der Waals surface area contributed by atoms with E-state index in [0.29, 0.717) is 12.8 Å². The number of hydrogen-bond donors (Lipinski definition) is 0. The van der Waals surface area contributed by atoms with Crippen LogP contribution in [0, 0.1) is 0 Å². The molecule has 2 aromatic heterocycles. The molecule has 0 amide bonds. The smallest absolute Gasteiger partial charge is 0.237 e. The van der Waals surface area contributed by atoms with Crippen molar-refractivity contribution in [1.29, 1.82) is 0 Å². The Labute approximate surface area is 229 Å². The summed E-state index contributed by atoms with van der Waals surface area (Å²) in [5.41, 5.74) is 7.37. The molecule has 0 bridgehead atoms. The van der Waals surface area contributed by atoms with Gasteiger partial charge < -0.3 is 9.47 Å². The van der Waals surface area contributed by atoms with Gasteiger partial charge >= 0.3 is 0 Å². The number of hydrogen-bond acceptors (Lipinski definition) is 6. The molecule has 6 aromatic rings. The molecule has 2 aliphatic heterocycles. The van der Waals surface area contributed by atoms with Crippen LogP contribution in [0.4, 0.5) is 0 Å². The lowest BCUT2D eigenvalue weighted by Crippen LogP contribution is -2.20. The topological polar surface area (TPSA) is 88.2 Å². The van der Waals surface area contributed by atoms with Crippen LogP contribution in [0.3, 0.4) is 0 Å². The van der Waals surface area contributed by atoms with Crippen LogP contribution < -0.4 is 9.47 Å². The molecule has 0 unspecified atom stereocenters. The van der Waals surface area contributed by atoms with Crippen molar-refractivity contribution in [3.63, 3.8) is 0 Å². The maximum absolute atomic E-state index is 12.4. The molecule has 4 aromatic carbocycles. The Morgan fingerprint density at radius 3 is 1.45 bits per heavy atom. The Balaban J connectivity index is 0.000000132. The van der Waals surface area contributed by atoms with Gasteiger partial charge in [-0.15, -0.1) is 0 Å². The number of carbonyl (C=O) groups excluding carboxylic acids is 2. The monoisotopic (exact) mass is 528 g/mol. The number of fused-ring (bicyclic) bond motifs is 10. The number of carbonyl (C=O) groups is 2. The van der Waals surface area contributed by atoms with Crippen molar-refractivity contribution in [2.45, 2.75) is 12.8 Å². The fourth-order valence-electron chi connectivity index (χ4n) is 5.53. The molecule has 0 atom stereocenters. The zero-order valence-corrected chi connectivity index (χ0v) is 21.9. The second-order valence-corrected chi connectivity index (χ2v) is 9.71. The van der Waals surface area contributed by atoms with Crippen LogP contribution in [-0.2, 0) is 12.8 Å². The zero-order chi connectivity index (χ0) is 27.4. The highest BCUT2D eigenvalue weighted by Crippen LogP contribution is 2.35. The summed E-state index contributed by atoms with van der Waals surface area (Å²) in [6, 6.07) is 27.0. The molecule has 8 nitrogen and oxygen atoms in total. The van der Waals surface area contributed by atoms with Gasteiger partial charge in [0.15, 0.2) is 0 Å². The first-order valence-corrected chi connectivity index (χ1v) is 12.9. The lowest BCUT2D eigenvalue weighted by Gasteiger charge is -2.17. The van der Waals surface area contributed by atoms with Gasteiger partial charge in [-0.25, -0.2) is 9.97 Å². The quantitative estimate of drug-likeness (QED) is 0.282. The van der Waals surface area contributed by atoms with E-state index in [2.05, 4.69) is 9.97 Å². The lowest BCUT2D eigenvalue weighted by molar-refractivity contribution is 0.0908. The Morgan fingerprint density at radius 2 is 1.02 bits per heavy atom. The van der Waals surface area contributed by atoms with Crippen molar-refractivity contribution >= 4 is 33.9 Å². The highest BCUT2D eigenvalue weighted by Gasteiger charge is 2.27. The molecule has 2 aliphatic rings. The summed E-state index contributed by atoms with van der Waals surface area (Å²) in [5, 5.41) is 0. The molecule has 0 saturated carbocycles. The Hall–Kier alpha value is -5.24. The molecule has 8 rings (SSSR count). The van der Waals surface area contributed by atoms with Gasteiger partial charge in [-0.1, -0.05) is 24.3 Å². The van der Waals surface area contributed by atoms with E-state index in [9.17, 15) is 9.59 Å². The third-order valence-corrected chi connectivity index (χ3v) is 7.41. The summed E-state index contributed by atoms with van der Waals surface area (Å²) >= 11 is 0. The fraction of sp³-hybridized carbons (Fsp3) is 0.125. The molecule has 8 heteroatoms. The first kappa shape index (κ1) is 23.8. The fourth-order valence-corrected chi connectivity index (χ4v) is 5.53. The molecule has 40 heavy (non-hydrogen) atoms. The normalized spacial score (nSPS) is 13.2. The minimum atomic E-state index is 0.0504. The Kier molecular flexibility index (Phi) is 5.48. The van der Waals surface area contributed by atoms with Gasteiger partial charge in [0.05, 0.1) is 49.1 Å². The van der Waals surface area contributed by atoms with Gasteiger partial charge in [0, 0.05) is 11.1 Å². The van der Waals surface area contributed by atoms with Gasteiger partial charge in [-0.2, -0.15) is 0 Å². The number of imidazole rings is 2. The average molecular weight is 529 g/mol. The number of benzene rings is 4. The van der Waals surface area contributed by atoms with E-state index in [-0.39, 0.29) is 11.8 Å². The van der Waals surface area contributed by atoms with E-state index >= 15 is 0 Å². The van der Waals surface area contributed by atoms with Crippen molar-refractivity contribution < 1.29 is 19.1 Å². The highest BCUT2D eigenvalue weighted by atomic mass is 16.5. The van der Waals surface area contributed by atoms with E-state index < -0.39 is 0 Å². The van der Waals surface area contributed by atoms with E-state index in [1.165, 1.54) is 0 Å². The largest absolute Gasteiger partial charge is 0.497 e. The summed E-state index contributed by atoms with van der Waals surface area (Å²) in [6.07, 6.45) is 0.750. The Morgan fingerprint density at radius 1 is 0.600 bits per heavy atom. The average Bonchev–Trinajstić information content (AvgIpc) is 3.57. The molecule has 4 heterocycles. The predicted molar refractivity (Wildman–Crippen MR) is 152 cm³/mol. The zero-order valence-electron chi connectivity index (χ0n) is 21.9. The SMILES string of the molecule is COc1ccc2c(c1)CC(=O)n1c-2nc2ccccc21.COc1ccc2c(c1)CC(=O)n1c-2nc2ccccc21. The number of para-hydroxylation sites is 4. The van der Waals surface area contributed by atoms with Crippen LogP contribution in [0.2, 0.25) is 0 Å². The third-order valence-electron chi connectivity index (χ3n) is 7.41. The van der Waals surface area contributed by atoms with Gasteiger partial charge in [0.25, 0.3) is 0 Å². The van der Waals surface area contributed by atoms with E-state index in [0.717, 1.165) is 67.5 Å². The molecule has 0 fully saturated rings. The summed E-state index contributed by atoms with van der Waals surface area (Å²) in [5.74, 6) is 3.08. The Bertz CT molecular complexity index is 1840. The van der Waals surface area contributed by atoms with Crippen LogP contribution in [0.5, 0.6) is 11.5 Å². The van der Waals surface area contributed by atoms with E-state index in [4.69, 9.17) is 9.47 Å². The number of nitrogens with zero attached hydrogens (tertiary/aromatic N) is 4. The van der Waals surface area contributed by atoms with Crippen molar-refractivity contribution in [3.8, 4) is 34.3 Å². The third kappa shape index (κ3) is 3.68. The van der Waals surface area contributed by atoms with Crippen molar-refractivity contribution in [2.24, 2.45) is 0 Å². The molecule has 0 aliphatic carbocycles. The number of ether oxygens (including phenoxy) is 2. The summed E-state index contributed by atoms with van der Waals surface area (Å²) in [6.45, 7) is 0. The standard InChI is InChI=1S/2C16H12N2O2/c2*1-20-11-6-7-12-10(8-11)9-15(19)18-14-5-3-2-4-13(14)17-16(12)18/h2*2-8H,9H2,1H3. The van der Waals surface area contributed by atoms with Crippen molar-refractivity contribution in [1.82, 2.24) is 19.1 Å². The summed E-state index contributed by atoms with van der Waals surface area (Å²) in [4.78, 5) is 34.0. The number of methoxy groups -OCH3 is 2. The summed E-state index contributed by atoms with van der Waals surface area (Å²) < 4.78 is 13.9. The van der Waals surface area contributed by atoms with Crippen LogP contribution >= 0.6 is 0 Å². The van der Waals surface area contributed by atoms with Crippen LogP contribution in [0.1, 0.15) is 20.7 Å². The van der Waals surface area contributed by atoms with Gasteiger partial charge in [-0.05, 0) is 71.8 Å². The van der Waals surface area contributed by atoms with Crippen molar-refractivity contribution in [2.75, 3.05) is 14.2 Å². The minimum absolute atomic E-state index is 0.0504. The highest BCUT2D eigenvalue weighted by molar-refractivity contribution is 6.00. The maximum Gasteiger partial charge on any atom is 0.237 e. The minimum Gasteiger partial charge on any atom is -0.497 e. The number of rotatable bonds is 2. The number of aromatic nitrogens is 4. The first-order valence-electron chi connectivity index (χ1n) is 12.9. The molecule has 0 saturated heterocycles. The molecule has 0 radical (unpaired) electrons. The van der Waals surface area contributed by atoms with E-state index in [1.807, 2.05) is 84.9 Å². The second kappa shape index (κ2) is 9.20. The molecular weight excluding hydrogens is 504 g/mol. The maximum atomic E-state index is 12.4. The first-order chi connectivity index (χ1) is 19.6. The lowest BCUT2D eigenvalue weighted by atomic mass is 10.00. The van der Waals surface area contributed by atoms with Crippen LogP contribution in [-0.4, -0.2) is 45.1 Å². The molecular formula is C32H24N4O4.